The molecule has 0 fully saturated rings. The van der Waals surface area contributed by atoms with Crippen LogP contribution in [0, 0.1) is 5.92 Å². The second-order valence-electron chi connectivity index (χ2n) is 6.26. The van der Waals surface area contributed by atoms with E-state index in [-0.39, 0.29) is 16.8 Å². The van der Waals surface area contributed by atoms with E-state index in [1.807, 2.05) is 31.4 Å². The normalized spacial score (nSPS) is 10.8. The molecule has 0 saturated carbocycles. The van der Waals surface area contributed by atoms with Crippen LogP contribution in [0.1, 0.15) is 33.9 Å². The number of carbonyl (C=O) groups excluding carboxylic acids is 2. The molecule has 3 aromatic rings. The molecule has 2 heterocycles. The van der Waals surface area contributed by atoms with Crippen molar-refractivity contribution in [3.63, 3.8) is 0 Å². The maximum atomic E-state index is 12.4. The minimum Gasteiger partial charge on any atom is -0.352 e. The van der Waals surface area contributed by atoms with Crippen molar-refractivity contribution >= 4 is 51.8 Å². The summed E-state index contributed by atoms with van der Waals surface area (Å²) in [4.78, 5) is 30.4. The van der Waals surface area contributed by atoms with Gasteiger partial charge in [-0.05, 0) is 35.6 Å². The van der Waals surface area contributed by atoms with E-state index in [1.54, 1.807) is 35.7 Å². The molecule has 0 atom stereocenters. The van der Waals surface area contributed by atoms with Crippen LogP contribution in [0.2, 0.25) is 5.02 Å². The van der Waals surface area contributed by atoms with Crippen LogP contribution in [0.3, 0.4) is 0 Å². The number of nitrogens with one attached hydrogen (secondary N) is 2. The number of hydrogen-bond donors (Lipinski definition) is 2. The van der Waals surface area contributed by atoms with Crippen molar-refractivity contribution in [2.24, 2.45) is 5.92 Å². The lowest BCUT2D eigenvalue weighted by molar-refractivity contribution is 0.0948. The lowest BCUT2D eigenvalue weighted by Gasteiger charge is -2.10. The maximum absolute atomic E-state index is 12.4. The molecule has 27 heavy (non-hydrogen) atoms. The summed E-state index contributed by atoms with van der Waals surface area (Å²) >= 11 is 9.13. The van der Waals surface area contributed by atoms with Gasteiger partial charge in [0.2, 0.25) is 0 Å². The maximum Gasteiger partial charge on any atom is 0.267 e. The predicted octanol–water partition coefficient (Wildman–Crippen LogP) is 5.16. The SMILES string of the molecule is CC(C)CNC(=O)c1ccc(NC(=O)c2cnc(-c3cccs3)s2)cc1Cl. The van der Waals surface area contributed by atoms with Crippen molar-refractivity contribution in [1.29, 1.82) is 0 Å². The van der Waals surface area contributed by atoms with Gasteiger partial charge in [0.1, 0.15) is 9.88 Å². The van der Waals surface area contributed by atoms with Gasteiger partial charge in [0, 0.05) is 12.2 Å². The van der Waals surface area contributed by atoms with Gasteiger partial charge in [-0.2, -0.15) is 0 Å². The molecule has 140 valence electrons. The van der Waals surface area contributed by atoms with Gasteiger partial charge in [-0.3, -0.25) is 9.59 Å². The molecule has 2 amide bonds. The average molecular weight is 420 g/mol. The first-order valence-electron chi connectivity index (χ1n) is 8.33. The van der Waals surface area contributed by atoms with E-state index in [0.717, 1.165) is 9.88 Å². The van der Waals surface area contributed by atoms with Crippen molar-refractivity contribution in [2.75, 3.05) is 11.9 Å². The molecule has 0 saturated heterocycles. The summed E-state index contributed by atoms with van der Waals surface area (Å²) in [5.41, 5.74) is 0.907. The largest absolute Gasteiger partial charge is 0.352 e. The van der Waals surface area contributed by atoms with Gasteiger partial charge in [-0.1, -0.05) is 31.5 Å². The second-order valence-corrected chi connectivity index (χ2v) is 8.65. The smallest absolute Gasteiger partial charge is 0.267 e. The molecular formula is C19H18ClN3O2S2. The zero-order valence-corrected chi connectivity index (χ0v) is 17.2. The average Bonchev–Trinajstić information content (AvgIpc) is 3.31. The second kappa shape index (κ2) is 8.65. The summed E-state index contributed by atoms with van der Waals surface area (Å²) in [6, 6.07) is 8.76. The van der Waals surface area contributed by atoms with Crippen LogP contribution in [0.25, 0.3) is 9.88 Å². The van der Waals surface area contributed by atoms with Crippen molar-refractivity contribution < 1.29 is 9.59 Å². The van der Waals surface area contributed by atoms with Gasteiger partial charge in [-0.15, -0.1) is 22.7 Å². The van der Waals surface area contributed by atoms with Crippen LogP contribution in [0.4, 0.5) is 5.69 Å². The fourth-order valence-corrected chi connectivity index (χ4v) is 4.14. The fourth-order valence-electron chi connectivity index (χ4n) is 2.26. The zero-order valence-electron chi connectivity index (χ0n) is 14.8. The Kier molecular flexibility index (Phi) is 6.26. The van der Waals surface area contributed by atoms with Gasteiger partial charge >= 0.3 is 0 Å². The number of hydrogen-bond acceptors (Lipinski definition) is 5. The van der Waals surface area contributed by atoms with E-state index < -0.39 is 0 Å². The molecule has 5 nitrogen and oxygen atoms in total. The van der Waals surface area contributed by atoms with E-state index in [1.165, 1.54) is 11.3 Å². The number of rotatable bonds is 6. The lowest BCUT2D eigenvalue weighted by atomic mass is 10.1. The molecule has 1 aromatic carbocycles. The Bertz CT molecular complexity index is 952. The molecule has 2 N–H and O–H groups in total. The summed E-state index contributed by atoms with van der Waals surface area (Å²) in [5, 5.41) is 8.69. The van der Waals surface area contributed by atoms with Gasteiger partial charge in [0.05, 0.1) is 21.7 Å². The van der Waals surface area contributed by atoms with Gasteiger partial charge < -0.3 is 10.6 Å². The van der Waals surface area contributed by atoms with Crippen molar-refractivity contribution in [3.05, 3.63) is 57.4 Å². The molecule has 0 aliphatic heterocycles. The monoisotopic (exact) mass is 419 g/mol. The Morgan fingerprint density at radius 3 is 2.70 bits per heavy atom. The van der Waals surface area contributed by atoms with Gasteiger partial charge in [0.15, 0.2) is 0 Å². The number of anilines is 1. The van der Waals surface area contributed by atoms with E-state index in [0.29, 0.717) is 28.6 Å². The molecular weight excluding hydrogens is 402 g/mol. The summed E-state index contributed by atoms with van der Waals surface area (Å²) in [6.07, 6.45) is 1.56. The molecule has 0 aliphatic carbocycles. The van der Waals surface area contributed by atoms with Crippen molar-refractivity contribution in [1.82, 2.24) is 10.3 Å². The standard InChI is InChI=1S/C19H18ClN3O2S2/c1-11(2)9-21-17(24)13-6-5-12(8-14(13)20)23-18(25)16-10-22-19(27-16)15-4-3-7-26-15/h3-8,10-11H,9H2,1-2H3,(H,21,24)(H,23,25). The number of amides is 2. The fraction of sp³-hybridized carbons (Fsp3) is 0.211. The third-order valence-electron chi connectivity index (χ3n) is 3.60. The molecule has 0 bridgehead atoms. The lowest BCUT2D eigenvalue weighted by Crippen LogP contribution is -2.27. The highest BCUT2D eigenvalue weighted by molar-refractivity contribution is 7.22. The molecule has 0 spiro atoms. The molecule has 0 aliphatic rings. The van der Waals surface area contributed by atoms with Crippen molar-refractivity contribution in [2.45, 2.75) is 13.8 Å². The van der Waals surface area contributed by atoms with E-state index in [4.69, 9.17) is 11.6 Å². The minimum atomic E-state index is -0.261. The Balaban J connectivity index is 1.68. The highest BCUT2D eigenvalue weighted by Gasteiger charge is 2.15. The van der Waals surface area contributed by atoms with Crippen LogP contribution < -0.4 is 10.6 Å². The van der Waals surface area contributed by atoms with E-state index in [9.17, 15) is 9.59 Å². The van der Waals surface area contributed by atoms with Crippen LogP contribution in [-0.4, -0.2) is 23.3 Å². The van der Waals surface area contributed by atoms with Crippen molar-refractivity contribution in [3.8, 4) is 9.88 Å². The molecule has 8 heteroatoms. The number of carbonyl (C=O) groups is 2. The Labute approximate surface area is 170 Å². The Hall–Kier alpha value is -2.22. The van der Waals surface area contributed by atoms with Crippen LogP contribution in [0.15, 0.2) is 41.9 Å². The van der Waals surface area contributed by atoms with Crippen LogP contribution >= 0.6 is 34.3 Å². The molecule has 3 rings (SSSR count). The summed E-state index contributed by atoms with van der Waals surface area (Å²) in [7, 11) is 0. The number of thiazole rings is 1. The first-order valence-corrected chi connectivity index (χ1v) is 10.4. The Morgan fingerprint density at radius 2 is 2.04 bits per heavy atom. The summed E-state index contributed by atoms with van der Waals surface area (Å²) in [5.74, 6) is -0.136. The summed E-state index contributed by atoms with van der Waals surface area (Å²) in [6.45, 7) is 4.61. The van der Waals surface area contributed by atoms with Crippen LogP contribution in [0.5, 0.6) is 0 Å². The number of halogens is 1. The predicted molar refractivity (Wildman–Crippen MR) is 112 cm³/mol. The first kappa shape index (κ1) is 19.5. The molecule has 0 radical (unpaired) electrons. The molecule has 2 aromatic heterocycles. The third-order valence-corrected chi connectivity index (χ3v) is 5.95. The number of benzene rings is 1. The van der Waals surface area contributed by atoms with Gasteiger partial charge in [0.25, 0.3) is 11.8 Å². The zero-order chi connectivity index (χ0) is 19.4. The number of nitrogens with zero attached hydrogens (tertiary/aromatic N) is 1. The minimum absolute atomic E-state index is 0.227. The third kappa shape index (κ3) is 4.94. The quantitative estimate of drug-likeness (QED) is 0.579. The van der Waals surface area contributed by atoms with Gasteiger partial charge in [-0.25, -0.2) is 4.98 Å². The Morgan fingerprint density at radius 1 is 1.22 bits per heavy atom. The first-order chi connectivity index (χ1) is 12.9. The highest BCUT2D eigenvalue weighted by atomic mass is 35.5. The summed E-state index contributed by atoms with van der Waals surface area (Å²) < 4.78 is 0. The van der Waals surface area contributed by atoms with E-state index >= 15 is 0 Å². The highest BCUT2D eigenvalue weighted by Crippen LogP contribution is 2.29. The topological polar surface area (TPSA) is 71.1 Å². The molecule has 0 unspecified atom stereocenters. The van der Waals surface area contributed by atoms with Crippen LogP contribution in [-0.2, 0) is 0 Å². The number of aromatic nitrogens is 1. The van der Waals surface area contributed by atoms with E-state index in [2.05, 4.69) is 15.6 Å². The number of thiophene rings is 1.